The quantitative estimate of drug-likeness (QED) is 0.721. The van der Waals surface area contributed by atoms with Crippen LogP contribution in [0.5, 0.6) is 0 Å². The van der Waals surface area contributed by atoms with Gasteiger partial charge in [-0.2, -0.15) is 5.10 Å². The van der Waals surface area contributed by atoms with Crippen molar-refractivity contribution >= 4 is 11.6 Å². The van der Waals surface area contributed by atoms with Crippen molar-refractivity contribution in [2.75, 3.05) is 5.32 Å². The Labute approximate surface area is 146 Å². The van der Waals surface area contributed by atoms with Gasteiger partial charge in [0.05, 0.1) is 17.8 Å². The maximum atomic E-state index is 12.4. The van der Waals surface area contributed by atoms with Crippen molar-refractivity contribution < 1.29 is 9.21 Å². The Morgan fingerprint density at radius 3 is 2.52 bits per heavy atom. The first-order valence-corrected chi connectivity index (χ1v) is 8.11. The molecule has 1 aromatic carbocycles. The molecule has 2 N–H and O–H groups in total. The molecule has 3 rings (SSSR count). The molecule has 0 saturated heterocycles. The maximum Gasteiger partial charge on any atom is 0.241 e. The van der Waals surface area contributed by atoms with Gasteiger partial charge in [0.2, 0.25) is 5.91 Å². The van der Waals surface area contributed by atoms with Crippen LogP contribution in [0.1, 0.15) is 31.4 Å². The molecule has 0 bridgehead atoms. The molecule has 0 fully saturated rings. The minimum Gasteiger partial charge on any atom is -0.465 e. The normalized spacial score (nSPS) is 13.4. The van der Waals surface area contributed by atoms with E-state index in [0.29, 0.717) is 0 Å². The smallest absolute Gasteiger partial charge is 0.241 e. The number of furan rings is 1. The molecule has 0 aliphatic rings. The molecule has 25 heavy (non-hydrogen) atoms. The highest BCUT2D eigenvalue weighted by Crippen LogP contribution is 2.17. The lowest BCUT2D eigenvalue weighted by Gasteiger charge is -2.18. The van der Waals surface area contributed by atoms with Crippen LogP contribution in [0.4, 0.5) is 5.69 Å². The number of aryl methyl sites for hydroxylation is 1. The standard InChI is InChI=1S/C18H21N5O2/c1-12-4-9-17(25-12)13(2)21-14(3)18(24)22-15-5-7-16(8-6-15)23-11-19-10-20-23/h4-11,13-14,21H,1-3H3,(H,22,24)/t13-,14-/m1/s1. The predicted octanol–water partition coefficient (Wildman–Crippen LogP) is 2.85. The minimum atomic E-state index is -0.365. The topological polar surface area (TPSA) is 85.0 Å². The Bertz CT molecular complexity index is 824. The minimum absolute atomic E-state index is 0.0517. The van der Waals surface area contributed by atoms with Crippen LogP contribution in [0.15, 0.2) is 53.5 Å². The van der Waals surface area contributed by atoms with Crippen molar-refractivity contribution in [3.63, 3.8) is 0 Å². The number of rotatable bonds is 6. The Balaban J connectivity index is 1.57. The molecule has 0 unspecified atom stereocenters. The van der Waals surface area contributed by atoms with Crippen LogP contribution in [0.3, 0.4) is 0 Å². The molecule has 0 spiro atoms. The van der Waals surface area contributed by atoms with E-state index in [1.807, 2.05) is 57.2 Å². The number of anilines is 1. The Morgan fingerprint density at radius 2 is 1.92 bits per heavy atom. The van der Waals surface area contributed by atoms with Crippen LogP contribution < -0.4 is 10.6 Å². The summed E-state index contributed by atoms with van der Waals surface area (Å²) in [6.45, 7) is 5.69. The van der Waals surface area contributed by atoms with Crippen LogP contribution in [-0.4, -0.2) is 26.7 Å². The van der Waals surface area contributed by atoms with Gasteiger partial charge in [0.1, 0.15) is 24.2 Å². The monoisotopic (exact) mass is 339 g/mol. The molecule has 1 amide bonds. The van der Waals surface area contributed by atoms with E-state index in [2.05, 4.69) is 20.7 Å². The first-order chi connectivity index (χ1) is 12.0. The second-order valence-corrected chi connectivity index (χ2v) is 5.93. The van der Waals surface area contributed by atoms with E-state index in [1.54, 1.807) is 11.0 Å². The van der Waals surface area contributed by atoms with E-state index in [0.717, 1.165) is 22.9 Å². The molecular formula is C18H21N5O2. The molecule has 0 saturated carbocycles. The fraction of sp³-hybridized carbons (Fsp3) is 0.278. The Hall–Kier alpha value is -2.93. The first kappa shape index (κ1) is 16.9. The summed E-state index contributed by atoms with van der Waals surface area (Å²) < 4.78 is 7.24. The van der Waals surface area contributed by atoms with Gasteiger partial charge in [-0.05, 0) is 57.2 Å². The SMILES string of the molecule is Cc1ccc([C@@H](C)N[C@H](C)C(=O)Nc2ccc(-n3cncn3)cc2)o1. The van der Waals surface area contributed by atoms with Gasteiger partial charge in [-0.1, -0.05) is 0 Å². The first-order valence-electron chi connectivity index (χ1n) is 8.11. The highest BCUT2D eigenvalue weighted by molar-refractivity contribution is 5.94. The van der Waals surface area contributed by atoms with Gasteiger partial charge >= 0.3 is 0 Å². The zero-order chi connectivity index (χ0) is 17.8. The van der Waals surface area contributed by atoms with E-state index < -0.39 is 0 Å². The van der Waals surface area contributed by atoms with Crippen molar-refractivity contribution in [2.45, 2.75) is 32.9 Å². The van der Waals surface area contributed by atoms with Gasteiger partial charge in [0.15, 0.2) is 0 Å². The van der Waals surface area contributed by atoms with Crippen molar-refractivity contribution in [1.82, 2.24) is 20.1 Å². The number of hydrogen-bond acceptors (Lipinski definition) is 5. The number of amides is 1. The molecular weight excluding hydrogens is 318 g/mol. The number of hydrogen-bond donors (Lipinski definition) is 2. The third-order valence-electron chi connectivity index (χ3n) is 3.90. The van der Waals surface area contributed by atoms with Crippen LogP contribution in [0, 0.1) is 6.92 Å². The number of benzene rings is 1. The number of carbonyl (C=O) groups is 1. The summed E-state index contributed by atoms with van der Waals surface area (Å²) in [5.41, 5.74) is 1.60. The van der Waals surface area contributed by atoms with Crippen LogP contribution in [0.25, 0.3) is 5.69 Å². The molecule has 2 aromatic heterocycles. The van der Waals surface area contributed by atoms with Crippen LogP contribution in [0.2, 0.25) is 0 Å². The van der Waals surface area contributed by atoms with Gasteiger partial charge in [0, 0.05) is 5.69 Å². The maximum absolute atomic E-state index is 12.4. The molecule has 7 nitrogen and oxygen atoms in total. The highest BCUT2D eigenvalue weighted by Gasteiger charge is 2.18. The average molecular weight is 339 g/mol. The third-order valence-corrected chi connectivity index (χ3v) is 3.90. The second kappa shape index (κ2) is 7.31. The highest BCUT2D eigenvalue weighted by atomic mass is 16.3. The molecule has 130 valence electrons. The van der Waals surface area contributed by atoms with Gasteiger partial charge in [-0.3, -0.25) is 10.1 Å². The van der Waals surface area contributed by atoms with E-state index in [9.17, 15) is 4.79 Å². The van der Waals surface area contributed by atoms with Crippen molar-refractivity contribution in [2.24, 2.45) is 0 Å². The molecule has 0 aliphatic carbocycles. The number of aromatic nitrogens is 3. The number of carbonyl (C=O) groups excluding carboxylic acids is 1. The van der Waals surface area contributed by atoms with Gasteiger partial charge in [-0.15, -0.1) is 0 Å². The largest absolute Gasteiger partial charge is 0.465 e. The molecule has 2 atom stereocenters. The second-order valence-electron chi connectivity index (χ2n) is 5.93. The number of nitrogens with zero attached hydrogens (tertiary/aromatic N) is 3. The molecule has 3 aromatic rings. The zero-order valence-corrected chi connectivity index (χ0v) is 14.4. The summed E-state index contributed by atoms with van der Waals surface area (Å²) in [5.74, 6) is 1.56. The lowest BCUT2D eigenvalue weighted by molar-refractivity contribution is -0.118. The van der Waals surface area contributed by atoms with Crippen LogP contribution >= 0.6 is 0 Å². The Kier molecular flexibility index (Phi) is 4.95. The third kappa shape index (κ3) is 4.13. The fourth-order valence-corrected chi connectivity index (χ4v) is 2.51. The van der Waals surface area contributed by atoms with Crippen molar-refractivity contribution in [1.29, 1.82) is 0 Å². The molecule has 7 heteroatoms. The van der Waals surface area contributed by atoms with Gasteiger partial charge in [0.25, 0.3) is 0 Å². The summed E-state index contributed by atoms with van der Waals surface area (Å²) in [5, 5.41) is 10.2. The van der Waals surface area contributed by atoms with E-state index in [1.165, 1.54) is 6.33 Å². The molecule has 0 aliphatic heterocycles. The van der Waals surface area contributed by atoms with Crippen molar-refractivity contribution in [3.05, 3.63) is 60.6 Å². The summed E-state index contributed by atoms with van der Waals surface area (Å²) in [6, 6.07) is 10.8. The average Bonchev–Trinajstić information content (AvgIpc) is 3.27. The zero-order valence-electron chi connectivity index (χ0n) is 14.4. The van der Waals surface area contributed by atoms with E-state index in [-0.39, 0.29) is 18.0 Å². The van der Waals surface area contributed by atoms with Gasteiger partial charge < -0.3 is 9.73 Å². The number of nitrogens with one attached hydrogen (secondary N) is 2. The lowest BCUT2D eigenvalue weighted by Crippen LogP contribution is -2.39. The summed E-state index contributed by atoms with van der Waals surface area (Å²) in [6.07, 6.45) is 3.10. The predicted molar refractivity (Wildman–Crippen MR) is 94.4 cm³/mol. The van der Waals surface area contributed by atoms with Crippen LogP contribution in [-0.2, 0) is 4.79 Å². The fourth-order valence-electron chi connectivity index (χ4n) is 2.51. The lowest BCUT2D eigenvalue weighted by atomic mass is 10.2. The van der Waals surface area contributed by atoms with E-state index in [4.69, 9.17) is 4.42 Å². The molecule has 2 heterocycles. The van der Waals surface area contributed by atoms with E-state index >= 15 is 0 Å². The Morgan fingerprint density at radius 1 is 1.16 bits per heavy atom. The summed E-state index contributed by atoms with van der Waals surface area (Å²) in [7, 11) is 0. The summed E-state index contributed by atoms with van der Waals surface area (Å²) in [4.78, 5) is 16.3. The van der Waals surface area contributed by atoms with Crippen molar-refractivity contribution in [3.8, 4) is 5.69 Å². The molecule has 0 radical (unpaired) electrons. The summed E-state index contributed by atoms with van der Waals surface area (Å²) >= 11 is 0. The van der Waals surface area contributed by atoms with Gasteiger partial charge in [-0.25, -0.2) is 9.67 Å².